The molecule has 0 aromatic carbocycles. The minimum absolute atomic E-state index is 0.0889. The first-order valence-electron chi connectivity index (χ1n) is 10.6. The summed E-state index contributed by atoms with van der Waals surface area (Å²) in [5, 5.41) is 4.13. The van der Waals surface area contributed by atoms with Crippen LogP contribution in [0, 0.1) is 11.8 Å². The molecule has 1 aliphatic carbocycles. The number of rotatable bonds is 5. The number of aromatic nitrogens is 7. The largest absolute Gasteiger partial charge is 0.370 e. The van der Waals surface area contributed by atoms with Crippen LogP contribution in [0.5, 0.6) is 0 Å². The maximum absolute atomic E-state index is 13.6. The van der Waals surface area contributed by atoms with Gasteiger partial charge in [-0.25, -0.2) is 18.7 Å². The first-order chi connectivity index (χ1) is 15.8. The minimum atomic E-state index is -2.92. The Morgan fingerprint density at radius 1 is 1.18 bits per heavy atom. The van der Waals surface area contributed by atoms with Gasteiger partial charge in [-0.15, -0.1) is 0 Å². The fraction of sp³-hybridized carbons (Fsp3) is 0.429. The van der Waals surface area contributed by atoms with E-state index in [1.54, 1.807) is 24.1 Å². The molecule has 3 atom stereocenters. The predicted octanol–water partition coefficient (Wildman–Crippen LogP) is 1.92. The second-order valence-corrected chi connectivity index (χ2v) is 8.83. The molecule has 2 fully saturated rings. The molecule has 12 heteroatoms. The molecule has 4 aromatic heterocycles. The Morgan fingerprint density at radius 3 is 2.70 bits per heavy atom. The zero-order chi connectivity index (χ0) is 22.9. The monoisotopic (exact) mass is 454 g/mol. The summed E-state index contributed by atoms with van der Waals surface area (Å²) < 4.78 is 35.7. The molecule has 1 saturated heterocycles. The topological polar surface area (TPSA) is 108 Å². The average Bonchev–Trinajstić information content (AvgIpc) is 3.20. The number of nitrogens with zero attached hydrogens (tertiary/aromatic N) is 8. The van der Waals surface area contributed by atoms with E-state index in [1.807, 2.05) is 0 Å². The molecule has 1 unspecified atom stereocenters. The second kappa shape index (κ2) is 6.90. The van der Waals surface area contributed by atoms with Crippen LogP contribution >= 0.6 is 0 Å². The van der Waals surface area contributed by atoms with Crippen LogP contribution in [-0.4, -0.2) is 47.3 Å². The highest BCUT2D eigenvalue weighted by Gasteiger charge is 2.58. The third kappa shape index (κ3) is 3.28. The van der Waals surface area contributed by atoms with Crippen LogP contribution in [0.1, 0.15) is 30.1 Å². The molecule has 0 N–H and O–H groups in total. The van der Waals surface area contributed by atoms with E-state index in [0.717, 1.165) is 20.0 Å². The number of hydrogen-bond acceptors (Lipinski definition) is 8. The van der Waals surface area contributed by atoms with Gasteiger partial charge in [0.25, 0.3) is 11.5 Å². The molecule has 33 heavy (non-hydrogen) atoms. The molecule has 6 rings (SSSR count). The van der Waals surface area contributed by atoms with E-state index in [-0.39, 0.29) is 23.6 Å². The first kappa shape index (κ1) is 19.9. The molecule has 0 radical (unpaired) electrons. The number of aryl methyl sites for hydroxylation is 1. The van der Waals surface area contributed by atoms with Crippen molar-refractivity contribution < 1.29 is 13.3 Å². The lowest BCUT2D eigenvalue weighted by molar-refractivity contribution is 0.0171. The standard InChI is InChI=1S/C21H20F2N8O2/c1-21(22,23)11-3-12(5-24-4-11)30-6-13-14(7-30)16(13)18-27-15(33-28-18)8-31-10-26-19-17(20(31)32)29(2)9-25-19/h3-5,9-10,13-14,16H,6-8H2,1-2H3/t13-,14+,16?. The van der Waals surface area contributed by atoms with Crippen molar-refractivity contribution in [1.82, 2.24) is 34.2 Å². The van der Waals surface area contributed by atoms with Gasteiger partial charge in [0.05, 0.1) is 18.2 Å². The zero-order valence-electron chi connectivity index (χ0n) is 17.9. The molecule has 0 spiro atoms. The number of hydrogen-bond donors (Lipinski definition) is 0. The van der Waals surface area contributed by atoms with E-state index in [1.165, 1.54) is 23.2 Å². The van der Waals surface area contributed by atoms with Crippen LogP contribution in [0.15, 0.2) is 40.4 Å². The molecule has 4 aromatic rings. The summed E-state index contributed by atoms with van der Waals surface area (Å²) in [7, 11) is 1.74. The fourth-order valence-electron chi connectivity index (χ4n) is 4.76. The highest BCUT2D eigenvalue weighted by molar-refractivity contribution is 5.68. The molecule has 2 aliphatic rings. The van der Waals surface area contributed by atoms with Crippen LogP contribution in [0.25, 0.3) is 11.2 Å². The molecular formula is C21H20F2N8O2. The van der Waals surface area contributed by atoms with Crippen molar-refractivity contribution in [2.75, 3.05) is 18.0 Å². The van der Waals surface area contributed by atoms with Gasteiger partial charge in [0.2, 0.25) is 5.89 Å². The van der Waals surface area contributed by atoms with E-state index >= 15 is 0 Å². The highest BCUT2D eigenvalue weighted by Crippen LogP contribution is 2.58. The quantitative estimate of drug-likeness (QED) is 0.450. The number of anilines is 1. The third-order valence-electron chi connectivity index (χ3n) is 6.58. The van der Waals surface area contributed by atoms with Crippen molar-refractivity contribution in [2.24, 2.45) is 18.9 Å². The SMILES string of the molecule is Cn1cnc2ncn(Cc3nc(C4[C@H]5CN(c6cncc(C(C)(F)F)c6)C[C@@H]45)no3)c(=O)c21. The van der Waals surface area contributed by atoms with E-state index in [0.29, 0.717) is 40.4 Å². The molecule has 0 bridgehead atoms. The first-order valence-corrected chi connectivity index (χ1v) is 10.6. The summed E-state index contributed by atoms with van der Waals surface area (Å²) >= 11 is 0. The number of imidazole rings is 1. The van der Waals surface area contributed by atoms with Crippen molar-refractivity contribution in [3.8, 4) is 0 Å². The van der Waals surface area contributed by atoms with Gasteiger partial charge in [0.1, 0.15) is 12.9 Å². The molecule has 10 nitrogen and oxygen atoms in total. The van der Waals surface area contributed by atoms with Crippen LogP contribution in [0.3, 0.4) is 0 Å². The second-order valence-electron chi connectivity index (χ2n) is 8.83. The van der Waals surface area contributed by atoms with Crippen LogP contribution < -0.4 is 10.5 Å². The van der Waals surface area contributed by atoms with Crippen LogP contribution in [0.4, 0.5) is 14.5 Å². The lowest BCUT2D eigenvalue weighted by Gasteiger charge is -2.22. The van der Waals surface area contributed by atoms with Gasteiger partial charge in [-0.05, 0) is 17.9 Å². The Hall–Kier alpha value is -3.70. The van der Waals surface area contributed by atoms with E-state index in [9.17, 15) is 13.6 Å². The molecule has 5 heterocycles. The third-order valence-corrected chi connectivity index (χ3v) is 6.58. The average molecular weight is 454 g/mol. The lowest BCUT2D eigenvalue weighted by Crippen LogP contribution is -2.24. The number of alkyl halides is 2. The summed E-state index contributed by atoms with van der Waals surface area (Å²) in [5.74, 6) is -1.15. The van der Waals surface area contributed by atoms with Gasteiger partial charge in [-0.3, -0.25) is 14.3 Å². The normalized spacial score (nSPS) is 22.2. The van der Waals surface area contributed by atoms with Crippen molar-refractivity contribution >= 4 is 16.9 Å². The van der Waals surface area contributed by atoms with Crippen LogP contribution in [-0.2, 0) is 19.5 Å². The molecule has 1 aliphatic heterocycles. The Morgan fingerprint density at radius 2 is 1.94 bits per heavy atom. The van der Waals surface area contributed by atoms with Crippen molar-refractivity contribution in [2.45, 2.75) is 25.3 Å². The van der Waals surface area contributed by atoms with Gasteiger partial charge in [0, 0.05) is 44.7 Å². The number of piperidine rings is 1. The molecule has 1 saturated carbocycles. The Bertz CT molecular complexity index is 1410. The van der Waals surface area contributed by atoms with Gasteiger partial charge < -0.3 is 14.0 Å². The maximum atomic E-state index is 13.6. The summed E-state index contributed by atoms with van der Waals surface area (Å²) in [4.78, 5) is 31.5. The summed E-state index contributed by atoms with van der Waals surface area (Å²) in [6, 6.07) is 1.50. The Labute approximate surface area is 185 Å². The lowest BCUT2D eigenvalue weighted by atomic mass is 10.1. The van der Waals surface area contributed by atoms with Gasteiger partial charge in [0.15, 0.2) is 17.0 Å². The highest BCUT2D eigenvalue weighted by atomic mass is 19.3. The number of fused-ring (bicyclic) bond motifs is 2. The van der Waals surface area contributed by atoms with E-state index < -0.39 is 5.92 Å². The van der Waals surface area contributed by atoms with E-state index in [4.69, 9.17) is 4.52 Å². The Balaban J connectivity index is 1.15. The zero-order valence-corrected chi connectivity index (χ0v) is 17.9. The summed E-state index contributed by atoms with van der Waals surface area (Å²) in [6.07, 6.45) is 5.79. The number of pyridine rings is 1. The molecule has 170 valence electrons. The van der Waals surface area contributed by atoms with Gasteiger partial charge in [-0.2, -0.15) is 4.98 Å². The van der Waals surface area contributed by atoms with Crippen molar-refractivity contribution in [3.63, 3.8) is 0 Å². The summed E-state index contributed by atoms with van der Waals surface area (Å²) in [5.41, 5.74) is 1.18. The summed E-state index contributed by atoms with van der Waals surface area (Å²) in [6.45, 7) is 2.44. The minimum Gasteiger partial charge on any atom is -0.370 e. The fourth-order valence-corrected chi connectivity index (χ4v) is 4.76. The smallest absolute Gasteiger partial charge is 0.280 e. The Kier molecular flexibility index (Phi) is 4.17. The van der Waals surface area contributed by atoms with Gasteiger partial charge >= 0.3 is 0 Å². The molecular weight excluding hydrogens is 434 g/mol. The predicted molar refractivity (Wildman–Crippen MR) is 112 cm³/mol. The van der Waals surface area contributed by atoms with Gasteiger partial charge in [-0.1, -0.05) is 5.16 Å². The van der Waals surface area contributed by atoms with Crippen LogP contribution in [0.2, 0.25) is 0 Å². The molecule has 0 amide bonds. The number of halogens is 2. The van der Waals surface area contributed by atoms with Crippen molar-refractivity contribution in [1.29, 1.82) is 0 Å². The van der Waals surface area contributed by atoms with E-state index in [2.05, 4.69) is 30.0 Å². The van der Waals surface area contributed by atoms with Crippen molar-refractivity contribution in [3.05, 3.63) is 58.7 Å². The maximum Gasteiger partial charge on any atom is 0.280 e.